The smallest absolute Gasteiger partial charge is 0.349 e. The summed E-state index contributed by atoms with van der Waals surface area (Å²) in [5, 5.41) is 8.82. The molecule has 1 aromatic carbocycles. The molecule has 0 atom stereocenters. The molecule has 0 radical (unpaired) electrons. The Morgan fingerprint density at radius 2 is 1.89 bits per heavy atom. The highest BCUT2D eigenvalue weighted by molar-refractivity contribution is 5.81. The van der Waals surface area contributed by atoms with Crippen LogP contribution in [0.4, 0.5) is 0 Å². The zero-order valence-corrected chi connectivity index (χ0v) is 15.4. The molecule has 2 N–H and O–H groups in total. The molecule has 0 unspecified atom stereocenters. The highest BCUT2D eigenvalue weighted by Gasteiger charge is 2.19. The largest absolute Gasteiger partial charge is 0.481 e. The van der Waals surface area contributed by atoms with E-state index in [1.54, 1.807) is 4.57 Å². The first-order valence-electron chi connectivity index (χ1n) is 8.58. The molecular weight excluding hydrogens is 350 g/mol. The lowest BCUT2D eigenvalue weighted by Crippen LogP contribution is -2.31. The number of nitrogens with one attached hydrogen (secondary N) is 1. The molecule has 0 bridgehead atoms. The minimum absolute atomic E-state index is 0.0416. The number of carboxylic acids is 1. The number of carbonyl (C=O) groups is 1. The minimum Gasteiger partial charge on any atom is -0.481 e. The minimum atomic E-state index is -0.857. The van der Waals surface area contributed by atoms with Crippen molar-refractivity contribution in [2.45, 2.75) is 26.8 Å². The molecule has 3 rings (SSSR count). The van der Waals surface area contributed by atoms with Gasteiger partial charge in [0.15, 0.2) is 11.5 Å². The first-order valence-corrected chi connectivity index (χ1v) is 8.58. The van der Waals surface area contributed by atoms with Gasteiger partial charge in [-0.2, -0.15) is 4.98 Å². The normalized spacial score (nSPS) is 11.6. The number of hydrogen-bond acceptors (Lipinski definition) is 6. The summed E-state index contributed by atoms with van der Waals surface area (Å²) < 4.78 is 1.80. The molecular formula is C18H21N5O4. The molecule has 0 saturated heterocycles. The third kappa shape index (κ3) is 3.87. The van der Waals surface area contributed by atoms with Crippen molar-refractivity contribution in [2.75, 3.05) is 20.1 Å². The van der Waals surface area contributed by atoms with Gasteiger partial charge in [-0.1, -0.05) is 0 Å². The Bertz CT molecular complexity index is 1100. The number of aromatic amines is 1. The number of likely N-dealkylation sites (N-methyl/N-ethyl adjacent to an activating group) is 1. The van der Waals surface area contributed by atoms with Gasteiger partial charge in [-0.15, -0.1) is 0 Å². The number of hydrogen-bond donors (Lipinski definition) is 2. The Morgan fingerprint density at radius 3 is 2.59 bits per heavy atom. The molecule has 0 saturated carbocycles. The van der Waals surface area contributed by atoms with E-state index in [1.165, 1.54) is 0 Å². The lowest BCUT2D eigenvalue weighted by molar-refractivity contribution is -0.137. The molecule has 0 amide bonds. The summed E-state index contributed by atoms with van der Waals surface area (Å²) in [4.78, 5) is 47.1. The molecule has 2 aliphatic heterocycles. The van der Waals surface area contributed by atoms with Crippen LogP contribution in [0.1, 0.15) is 17.5 Å². The highest BCUT2D eigenvalue weighted by Crippen LogP contribution is 2.23. The van der Waals surface area contributed by atoms with Crippen molar-refractivity contribution >= 4 is 17.0 Å². The molecule has 2 heterocycles. The van der Waals surface area contributed by atoms with E-state index in [0.717, 1.165) is 16.6 Å². The van der Waals surface area contributed by atoms with Crippen molar-refractivity contribution in [1.29, 1.82) is 0 Å². The number of rotatable bonds is 6. The van der Waals surface area contributed by atoms with E-state index in [9.17, 15) is 14.4 Å². The zero-order valence-electron chi connectivity index (χ0n) is 15.4. The number of aryl methyl sites for hydroxylation is 2. The first kappa shape index (κ1) is 18.7. The van der Waals surface area contributed by atoms with Gasteiger partial charge in [0.2, 0.25) is 0 Å². The highest BCUT2D eigenvalue weighted by atomic mass is 16.4. The molecule has 142 valence electrons. The van der Waals surface area contributed by atoms with Crippen molar-refractivity contribution in [1.82, 2.24) is 24.4 Å². The Kier molecular flexibility index (Phi) is 5.04. The van der Waals surface area contributed by atoms with E-state index in [0.29, 0.717) is 25.2 Å². The van der Waals surface area contributed by atoms with Gasteiger partial charge in [0.05, 0.1) is 17.5 Å². The van der Waals surface area contributed by atoms with Gasteiger partial charge in [0, 0.05) is 19.6 Å². The number of carboxylic acid groups (broad SMARTS) is 1. The van der Waals surface area contributed by atoms with Crippen molar-refractivity contribution in [3.8, 4) is 11.5 Å². The monoisotopic (exact) mass is 371 g/mol. The number of nitrogens with zero attached hydrogens (tertiary/aromatic N) is 4. The summed E-state index contributed by atoms with van der Waals surface area (Å²) in [5.74, 6) is -0.629. The van der Waals surface area contributed by atoms with Gasteiger partial charge in [-0.05, 0) is 44.2 Å². The average Bonchev–Trinajstić information content (AvgIpc) is 2.59. The molecule has 0 spiro atoms. The van der Waals surface area contributed by atoms with Crippen LogP contribution in [0.25, 0.3) is 22.6 Å². The van der Waals surface area contributed by atoms with Gasteiger partial charge >= 0.3 is 11.7 Å². The first-order chi connectivity index (χ1) is 12.8. The standard InChI is InChI=1S/C18H21N5O4/c1-10-8-12-13(9-11(10)2)23(7-6-22(3)5-4-14(24)25)16-15(19-12)17(26)21-18(27)20-16/h8-9H,4-7H2,1-3H3,(H,24,25)(H,21,26,27). The predicted octanol–water partition coefficient (Wildman–Crippen LogP) is 0.608. The van der Waals surface area contributed by atoms with E-state index < -0.39 is 17.2 Å². The van der Waals surface area contributed by atoms with E-state index in [1.807, 2.05) is 37.9 Å². The average molecular weight is 371 g/mol. The maximum Gasteiger partial charge on any atom is 0.349 e. The summed E-state index contributed by atoms with van der Waals surface area (Å²) in [6, 6.07) is 3.86. The lowest BCUT2D eigenvalue weighted by atomic mass is 10.1. The number of H-pyrrole nitrogens is 1. The predicted molar refractivity (Wildman–Crippen MR) is 100 cm³/mol. The van der Waals surface area contributed by atoms with Crippen molar-refractivity contribution in [3.63, 3.8) is 0 Å². The van der Waals surface area contributed by atoms with E-state index in [-0.39, 0.29) is 17.9 Å². The maximum atomic E-state index is 12.2. The lowest BCUT2D eigenvalue weighted by Gasteiger charge is -2.21. The molecule has 9 nitrogen and oxygen atoms in total. The van der Waals surface area contributed by atoms with E-state index in [2.05, 4.69) is 15.0 Å². The third-order valence-electron chi connectivity index (χ3n) is 4.64. The van der Waals surface area contributed by atoms with Crippen LogP contribution in [-0.4, -0.2) is 55.6 Å². The second-order valence-corrected chi connectivity index (χ2v) is 6.68. The summed E-state index contributed by atoms with van der Waals surface area (Å²) in [6.45, 7) is 5.31. The molecule has 0 aliphatic carbocycles. The van der Waals surface area contributed by atoms with Gasteiger partial charge in [0.25, 0.3) is 5.56 Å². The van der Waals surface area contributed by atoms with Gasteiger partial charge in [-0.25, -0.2) is 9.78 Å². The van der Waals surface area contributed by atoms with Crippen LogP contribution in [-0.2, 0) is 11.3 Å². The Labute approximate surface area is 154 Å². The number of aromatic nitrogens is 4. The topological polar surface area (TPSA) is 121 Å². The van der Waals surface area contributed by atoms with Crippen LogP contribution in [0.3, 0.4) is 0 Å². The van der Waals surface area contributed by atoms with Crippen LogP contribution in [0.5, 0.6) is 0 Å². The van der Waals surface area contributed by atoms with Crippen molar-refractivity contribution in [3.05, 3.63) is 44.1 Å². The molecule has 0 fully saturated rings. The van der Waals surface area contributed by atoms with Crippen LogP contribution in [0.2, 0.25) is 0 Å². The molecule has 0 aromatic heterocycles. The Hall–Kier alpha value is -3.07. The molecule has 9 heteroatoms. The second kappa shape index (κ2) is 7.28. The summed E-state index contributed by atoms with van der Waals surface area (Å²) in [7, 11) is 1.82. The summed E-state index contributed by atoms with van der Waals surface area (Å²) >= 11 is 0. The third-order valence-corrected chi connectivity index (χ3v) is 4.64. The quantitative estimate of drug-likeness (QED) is 0.609. The van der Waals surface area contributed by atoms with E-state index in [4.69, 9.17) is 5.11 Å². The Balaban J connectivity index is 2.11. The van der Waals surface area contributed by atoms with E-state index >= 15 is 0 Å². The fourth-order valence-corrected chi connectivity index (χ4v) is 2.95. The number of benzene rings is 1. The van der Waals surface area contributed by atoms with Crippen LogP contribution >= 0.6 is 0 Å². The molecule has 1 aromatic rings. The van der Waals surface area contributed by atoms with Crippen LogP contribution in [0.15, 0.2) is 21.7 Å². The number of aliphatic carboxylic acids is 1. The van der Waals surface area contributed by atoms with Gasteiger partial charge in [0.1, 0.15) is 0 Å². The Morgan fingerprint density at radius 1 is 1.19 bits per heavy atom. The molecule has 27 heavy (non-hydrogen) atoms. The fourth-order valence-electron chi connectivity index (χ4n) is 2.95. The summed E-state index contributed by atoms with van der Waals surface area (Å²) in [6.07, 6.45) is 0.0416. The van der Waals surface area contributed by atoms with Crippen molar-refractivity contribution in [2.24, 2.45) is 0 Å². The number of fused-ring (bicyclic) bond motifs is 2. The van der Waals surface area contributed by atoms with Gasteiger partial charge < -0.3 is 14.6 Å². The zero-order chi connectivity index (χ0) is 19.7. The summed E-state index contributed by atoms with van der Waals surface area (Å²) in [5.41, 5.74) is 2.34. The SMILES string of the molecule is Cc1cc2nc3c(=O)[nH]c(=O)nc-3n(CCN(C)CCC(=O)O)c2cc1C. The molecule has 2 aliphatic rings. The maximum absolute atomic E-state index is 12.2. The second-order valence-electron chi connectivity index (χ2n) is 6.68. The fraction of sp³-hybridized carbons (Fsp3) is 0.389. The van der Waals surface area contributed by atoms with Gasteiger partial charge in [-0.3, -0.25) is 14.6 Å². The van der Waals surface area contributed by atoms with Crippen molar-refractivity contribution < 1.29 is 9.90 Å². The van der Waals surface area contributed by atoms with Crippen LogP contribution in [0, 0.1) is 13.8 Å². The van der Waals surface area contributed by atoms with Crippen LogP contribution < -0.4 is 11.2 Å².